The first-order valence-electron chi connectivity index (χ1n) is 12.4. The second kappa shape index (κ2) is 15.4. The van der Waals surface area contributed by atoms with E-state index in [0.717, 1.165) is 10.7 Å². The number of halogens is 4. The number of fused-ring (bicyclic) bond motifs is 1. The van der Waals surface area contributed by atoms with Crippen LogP contribution in [0, 0.1) is 5.41 Å². The molecule has 0 amide bonds. The number of rotatable bonds is 11. The Morgan fingerprint density at radius 2 is 1.84 bits per heavy atom. The zero-order valence-electron chi connectivity index (χ0n) is 22.9. The third kappa shape index (κ3) is 9.97. The van der Waals surface area contributed by atoms with E-state index in [1.54, 1.807) is 30.3 Å². The molecule has 0 spiro atoms. The molecule has 2 aromatic carbocycles. The van der Waals surface area contributed by atoms with Gasteiger partial charge >= 0.3 is 18.1 Å². The molecule has 0 unspecified atom stereocenters. The van der Waals surface area contributed by atoms with Crippen molar-refractivity contribution in [1.29, 1.82) is 5.41 Å². The van der Waals surface area contributed by atoms with Gasteiger partial charge in [0, 0.05) is 29.1 Å². The van der Waals surface area contributed by atoms with E-state index >= 15 is 0 Å². The molecular weight excluding hydrogens is 619 g/mol. The van der Waals surface area contributed by atoms with Crippen LogP contribution in [0.1, 0.15) is 25.3 Å². The number of para-hydroxylation sites is 1. The van der Waals surface area contributed by atoms with Gasteiger partial charge < -0.3 is 25.6 Å². The van der Waals surface area contributed by atoms with Crippen LogP contribution in [0.5, 0.6) is 5.75 Å². The quantitative estimate of drug-likeness (QED) is 0.101. The van der Waals surface area contributed by atoms with E-state index in [1.165, 1.54) is 25.4 Å². The van der Waals surface area contributed by atoms with Crippen LogP contribution in [0.15, 0.2) is 53.6 Å². The number of nitrogens with zero attached hydrogens (tertiary/aromatic N) is 2. The molecule has 234 valence electrons. The lowest BCUT2D eigenvalue weighted by atomic mass is 10.1. The lowest BCUT2D eigenvalue weighted by Gasteiger charge is -2.23. The van der Waals surface area contributed by atoms with Gasteiger partial charge in [-0.3, -0.25) is 10.2 Å². The molecule has 0 fully saturated rings. The van der Waals surface area contributed by atoms with Crippen LogP contribution in [0.25, 0.3) is 10.8 Å². The van der Waals surface area contributed by atoms with Gasteiger partial charge in [0.2, 0.25) is 10.0 Å². The molecule has 1 aromatic heterocycles. The Morgan fingerprint density at radius 1 is 1.19 bits per heavy atom. The van der Waals surface area contributed by atoms with Crippen molar-refractivity contribution in [2.45, 2.75) is 37.4 Å². The van der Waals surface area contributed by atoms with Crippen LogP contribution in [-0.4, -0.2) is 67.1 Å². The fourth-order valence-corrected chi connectivity index (χ4v) is 5.10. The van der Waals surface area contributed by atoms with E-state index in [0.29, 0.717) is 33.5 Å². The topological polar surface area (TPSA) is 185 Å². The number of methoxy groups -OCH3 is 1. The number of sulfonamides is 1. The Bertz CT molecular complexity index is 1570. The number of unbranched alkanes of at least 4 members (excludes halogenated alkanes) is 1. The van der Waals surface area contributed by atoms with Gasteiger partial charge in [0.1, 0.15) is 18.1 Å². The molecule has 1 heterocycles. The molecule has 0 bridgehead atoms. The third-order valence-electron chi connectivity index (χ3n) is 5.55. The summed E-state index contributed by atoms with van der Waals surface area (Å²) in [4.78, 5) is 25.5. The highest BCUT2D eigenvalue weighted by Gasteiger charge is 2.38. The number of nitrogens with two attached hydrogens (primary N) is 1. The van der Waals surface area contributed by atoms with Crippen LogP contribution in [0.2, 0.25) is 5.02 Å². The van der Waals surface area contributed by atoms with Gasteiger partial charge in [-0.2, -0.15) is 17.5 Å². The number of nitrogens with one attached hydrogen (secondary N) is 2. The molecule has 0 radical (unpaired) electrons. The number of anilines is 1. The second-order valence-electron chi connectivity index (χ2n) is 8.66. The molecule has 0 atom stereocenters. The average Bonchev–Trinajstić information content (AvgIpc) is 2.94. The normalized spacial score (nSPS) is 11.4. The van der Waals surface area contributed by atoms with Crippen molar-refractivity contribution >= 4 is 56.1 Å². The molecular formula is C26H29ClF3N5O7S. The number of hydrogen-bond donors (Lipinski definition) is 4. The number of alkyl halides is 3. The second-order valence-corrected chi connectivity index (χ2v) is 11.0. The number of aliphatic carboxylic acids is 1. The Morgan fingerprint density at radius 3 is 2.42 bits per heavy atom. The summed E-state index contributed by atoms with van der Waals surface area (Å²) in [5, 5.41) is 18.4. The Kier molecular flexibility index (Phi) is 12.5. The van der Waals surface area contributed by atoms with Gasteiger partial charge in [-0.1, -0.05) is 49.2 Å². The maximum Gasteiger partial charge on any atom is 0.490 e. The molecule has 3 rings (SSSR count). The number of hydrogen-bond acceptors (Lipinski definition) is 8. The van der Waals surface area contributed by atoms with E-state index in [4.69, 9.17) is 42.1 Å². The first kappa shape index (κ1) is 35.0. The first-order valence-corrected chi connectivity index (χ1v) is 14.2. The summed E-state index contributed by atoms with van der Waals surface area (Å²) in [6.07, 6.45) is -2.19. The van der Waals surface area contributed by atoms with E-state index < -0.39 is 34.7 Å². The van der Waals surface area contributed by atoms with Crippen molar-refractivity contribution in [1.82, 2.24) is 9.29 Å². The average molecular weight is 648 g/mol. The van der Waals surface area contributed by atoms with E-state index in [9.17, 15) is 26.4 Å². The number of benzene rings is 2. The summed E-state index contributed by atoms with van der Waals surface area (Å²) in [6, 6.07) is 11.3. The Balaban J connectivity index is 0.000000821. The van der Waals surface area contributed by atoms with Crippen LogP contribution < -0.4 is 15.8 Å². The standard InChI is InChI=1S/C24H28ClN5O5S.C2HF3O2/c1-3-4-11-35-22(31)15-30(14-16-7-5-6-8-21(16)34-2)36(32,33)17-9-10-18-19(12-17)23(29-24(26)27)28-13-20(18)25;3-2(4,5)1(6)7/h5-10,12-13H,3-4,11,14-15H2,1-2H3,(H4,26,27,28,29);(H,6,7). The molecule has 43 heavy (non-hydrogen) atoms. The van der Waals surface area contributed by atoms with Gasteiger partial charge in [-0.05, 0) is 24.6 Å². The number of esters is 1. The van der Waals surface area contributed by atoms with Crippen molar-refractivity contribution in [3.63, 3.8) is 0 Å². The highest BCUT2D eigenvalue weighted by atomic mass is 35.5. The van der Waals surface area contributed by atoms with Crippen LogP contribution in [0.3, 0.4) is 0 Å². The fraction of sp³-hybridized carbons (Fsp3) is 0.308. The molecule has 12 nitrogen and oxygen atoms in total. The molecule has 0 aliphatic heterocycles. The Hall–Kier alpha value is -4.15. The monoisotopic (exact) mass is 647 g/mol. The first-order chi connectivity index (χ1) is 20.1. The van der Waals surface area contributed by atoms with Crippen LogP contribution in [0.4, 0.5) is 19.0 Å². The van der Waals surface area contributed by atoms with Gasteiger partial charge in [0.05, 0.1) is 23.6 Å². The number of carbonyl (C=O) groups is 2. The molecule has 0 saturated heterocycles. The zero-order valence-corrected chi connectivity index (χ0v) is 24.5. The van der Waals surface area contributed by atoms with E-state index in [-0.39, 0.29) is 29.8 Å². The predicted molar refractivity (Wildman–Crippen MR) is 152 cm³/mol. The molecule has 17 heteroatoms. The van der Waals surface area contributed by atoms with Gasteiger partial charge in [-0.25, -0.2) is 18.2 Å². The largest absolute Gasteiger partial charge is 0.496 e. The summed E-state index contributed by atoms with van der Waals surface area (Å²) >= 11 is 6.25. The Labute approximate surface area is 250 Å². The number of aromatic nitrogens is 1. The lowest BCUT2D eigenvalue weighted by Crippen LogP contribution is -2.36. The number of carboxylic acids is 1. The minimum Gasteiger partial charge on any atom is -0.496 e. The molecule has 0 aliphatic carbocycles. The summed E-state index contributed by atoms with van der Waals surface area (Å²) in [5.41, 5.74) is 6.03. The van der Waals surface area contributed by atoms with Crippen molar-refractivity contribution in [2.24, 2.45) is 5.73 Å². The number of ether oxygens (including phenoxy) is 2. The predicted octanol–water partition coefficient (Wildman–Crippen LogP) is 4.37. The van der Waals surface area contributed by atoms with Crippen molar-refractivity contribution in [3.05, 3.63) is 59.2 Å². The van der Waals surface area contributed by atoms with Crippen LogP contribution in [-0.2, 0) is 30.9 Å². The molecule has 5 N–H and O–H groups in total. The summed E-state index contributed by atoms with van der Waals surface area (Å²) in [7, 11) is -2.72. The summed E-state index contributed by atoms with van der Waals surface area (Å²) in [6.45, 7) is 1.55. The molecule has 0 aliphatic rings. The highest BCUT2D eigenvalue weighted by molar-refractivity contribution is 7.89. The van der Waals surface area contributed by atoms with Gasteiger partial charge in [0.25, 0.3) is 0 Å². The summed E-state index contributed by atoms with van der Waals surface area (Å²) < 4.78 is 71.0. The van der Waals surface area contributed by atoms with Crippen molar-refractivity contribution < 1.29 is 45.8 Å². The number of pyridine rings is 1. The molecule has 0 saturated carbocycles. The minimum absolute atomic E-state index is 0.0954. The highest BCUT2D eigenvalue weighted by Crippen LogP contribution is 2.32. The van der Waals surface area contributed by atoms with Crippen LogP contribution >= 0.6 is 11.6 Å². The third-order valence-corrected chi connectivity index (χ3v) is 7.64. The van der Waals surface area contributed by atoms with E-state index in [2.05, 4.69) is 10.3 Å². The van der Waals surface area contributed by atoms with Crippen molar-refractivity contribution in [2.75, 3.05) is 25.6 Å². The maximum absolute atomic E-state index is 13.8. The van der Waals surface area contributed by atoms with E-state index in [1.807, 2.05) is 6.92 Å². The number of carboxylic acid groups (broad SMARTS) is 1. The smallest absolute Gasteiger partial charge is 0.490 e. The van der Waals surface area contributed by atoms with Gasteiger partial charge in [0.15, 0.2) is 5.96 Å². The van der Waals surface area contributed by atoms with Gasteiger partial charge in [-0.15, -0.1) is 0 Å². The number of guanidine groups is 1. The molecule has 3 aromatic rings. The maximum atomic E-state index is 13.8. The summed E-state index contributed by atoms with van der Waals surface area (Å²) in [5.74, 6) is -3.13. The van der Waals surface area contributed by atoms with Crippen molar-refractivity contribution in [3.8, 4) is 5.75 Å². The zero-order chi connectivity index (χ0) is 32.4. The lowest BCUT2D eigenvalue weighted by molar-refractivity contribution is -0.192. The fourth-order valence-electron chi connectivity index (χ4n) is 3.49. The number of carbonyl (C=O) groups excluding carboxylic acids is 1. The SMILES string of the molecule is CCCCOC(=O)CN(Cc1ccccc1OC)S(=O)(=O)c1ccc2c(Cl)cnc(NC(=N)N)c2c1.O=C(O)C(F)(F)F. The minimum atomic E-state index is -5.08.